The number of carbonyl (C=O) groups excluding carboxylic acids is 2. The molecule has 0 unspecified atom stereocenters. The van der Waals surface area contributed by atoms with Gasteiger partial charge in [0.2, 0.25) is 11.5 Å². The van der Waals surface area contributed by atoms with Gasteiger partial charge in [0, 0.05) is 0 Å². The molecular weight excluding hydrogens is 136 g/mol. The SMILES string of the molecule is CO/C(C=O)=C(/C=O)OC. The molecule has 0 rings (SSSR count). The number of hydrogen-bond acceptors (Lipinski definition) is 4. The lowest BCUT2D eigenvalue weighted by Gasteiger charge is -2.00. The molecule has 0 aromatic heterocycles. The van der Waals surface area contributed by atoms with E-state index < -0.39 is 0 Å². The maximum absolute atomic E-state index is 10.1. The summed E-state index contributed by atoms with van der Waals surface area (Å²) < 4.78 is 9.00. The molecule has 4 heteroatoms. The summed E-state index contributed by atoms with van der Waals surface area (Å²) in [5.41, 5.74) is 0. The first-order valence-corrected chi connectivity index (χ1v) is 2.52. The van der Waals surface area contributed by atoms with Crippen molar-refractivity contribution in [3.63, 3.8) is 0 Å². The van der Waals surface area contributed by atoms with Crippen LogP contribution in [0.25, 0.3) is 0 Å². The highest BCUT2D eigenvalue weighted by Crippen LogP contribution is 1.99. The Kier molecular flexibility index (Phi) is 3.95. The van der Waals surface area contributed by atoms with Crippen LogP contribution in [0.3, 0.4) is 0 Å². The normalized spacial score (nSPS) is 11.4. The molecule has 0 fully saturated rings. The molecule has 0 aromatic carbocycles. The van der Waals surface area contributed by atoms with Crippen molar-refractivity contribution in [3.8, 4) is 0 Å². The summed E-state index contributed by atoms with van der Waals surface area (Å²) in [6, 6.07) is 0. The molecule has 0 spiro atoms. The monoisotopic (exact) mass is 144 g/mol. The minimum absolute atomic E-state index is 0.0995. The molecule has 0 amide bonds. The number of rotatable bonds is 4. The van der Waals surface area contributed by atoms with E-state index in [4.69, 9.17) is 0 Å². The number of ether oxygens (including phenoxy) is 2. The Bertz CT molecular complexity index is 141. The molecule has 0 aromatic rings. The van der Waals surface area contributed by atoms with Crippen LogP contribution in [0.15, 0.2) is 11.5 Å². The molecular formula is C6H8O4. The Balaban J connectivity index is 4.50. The molecule has 4 nitrogen and oxygen atoms in total. The topological polar surface area (TPSA) is 52.6 Å². The molecule has 56 valence electrons. The maximum Gasteiger partial charge on any atom is 0.204 e. The Labute approximate surface area is 58.4 Å². The highest BCUT2D eigenvalue weighted by atomic mass is 16.5. The lowest BCUT2D eigenvalue weighted by Crippen LogP contribution is -1.98. The highest BCUT2D eigenvalue weighted by Gasteiger charge is 2.03. The van der Waals surface area contributed by atoms with E-state index in [1.165, 1.54) is 14.2 Å². The average Bonchev–Trinajstić information content (AvgIpc) is 2.00. The number of methoxy groups -OCH3 is 2. The van der Waals surface area contributed by atoms with Crippen molar-refractivity contribution in [2.45, 2.75) is 0 Å². The summed E-state index contributed by atoms with van der Waals surface area (Å²) in [6.07, 6.45) is 0.820. The first kappa shape index (κ1) is 8.68. The van der Waals surface area contributed by atoms with Crippen LogP contribution in [0.4, 0.5) is 0 Å². The minimum Gasteiger partial charge on any atom is -0.490 e. The van der Waals surface area contributed by atoms with Gasteiger partial charge in [-0.05, 0) is 0 Å². The molecule has 0 saturated heterocycles. The largest absolute Gasteiger partial charge is 0.490 e. The molecule has 10 heavy (non-hydrogen) atoms. The first-order chi connectivity index (χ1) is 4.79. The summed E-state index contributed by atoms with van der Waals surface area (Å²) >= 11 is 0. The zero-order valence-corrected chi connectivity index (χ0v) is 5.79. The van der Waals surface area contributed by atoms with Crippen molar-refractivity contribution >= 4 is 12.6 Å². The van der Waals surface area contributed by atoms with Gasteiger partial charge in [-0.15, -0.1) is 0 Å². The van der Waals surface area contributed by atoms with E-state index in [-0.39, 0.29) is 11.5 Å². The van der Waals surface area contributed by atoms with Crippen molar-refractivity contribution < 1.29 is 19.1 Å². The lowest BCUT2D eigenvalue weighted by atomic mass is 10.4. The van der Waals surface area contributed by atoms with Gasteiger partial charge >= 0.3 is 0 Å². The average molecular weight is 144 g/mol. The minimum atomic E-state index is -0.0995. The Morgan fingerprint density at radius 2 is 1.30 bits per heavy atom. The van der Waals surface area contributed by atoms with Gasteiger partial charge in [-0.1, -0.05) is 0 Å². The summed E-state index contributed by atoms with van der Waals surface area (Å²) in [7, 11) is 2.57. The molecule has 0 saturated carbocycles. The van der Waals surface area contributed by atoms with Crippen molar-refractivity contribution in [1.29, 1.82) is 0 Å². The van der Waals surface area contributed by atoms with Crippen molar-refractivity contribution in [2.75, 3.05) is 14.2 Å². The first-order valence-electron chi connectivity index (χ1n) is 2.52. The van der Waals surface area contributed by atoms with Gasteiger partial charge in [-0.25, -0.2) is 0 Å². The van der Waals surface area contributed by atoms with Gasteiger partial charge in [0.25, 0.3) is 0 Å². The molecule has 0 aliphatic rings. The zero-order chi connectivity index (χ0) is 7.98. The fraction of sp³-hybridized carbons (Fsp3) is 0.333. The highest BCUT2D eigenvalue weighted by molar-refractivity contribution is 5.82. The van der Waals surface area contributed by atoms with Crippen LogP contribution < -0.4 is 0 Å². The Morgan fingerprint density at radius 1 is 1.00 bits per heavy atom. The molecule has 0 aliphatic heterocycles. The van der Waals surface area contributed by atoms with Crippen LogP contribution in [-0.2, 0) is 19.1 Å². The van der Waals surface area contributed by atoms with E-state index in [0.29, 0.717) is 12.6 Å². The molecule has 0 bridgehead atoms. The molecule has 0 atom stereocenters. The van der Waals surface area contributed by atoms with Gasteiger partial charge in [0.05, 0.1) is 14.2 Å². The van der Waals surface area contributed by atoms with Gasteiger partial charge in [-0.3, -0.25) is 9.59 Å². The fourth-order valence-corrected chi connectivity index (χ4v) is 0.414. The van der Waals surface area contributed by atoms with Crippen LogP contribution >= 0.6 is 0 Å². The Morgan fingerprint density at radius 3 is 1.40 bits per heavy atom. The summed E-state index contributed by atoms with van der Waals surface area (Å²) in [4.78, 5) is 20.1. The number of hydrogen-bond donors (Lipinski definition) is 0. The van der Waals surface area contributed by atoms with Gasteiger partial charge < -0.3 is 9.47 Å². The van der Waals surface area contributed by atoms with E-state index in [9.17, 15) is 9.59 Å². The molecule has 0 aliphatic carbocycles. The number of aldehydes is 2. The van der Waals surface area contributed by atoms with Crippen LogP contribution in [-0.4, -0.2) is 26.8 Å². The number of carbonyl (C=O) groups is 2. The predicted octanol–water partition coefficient (Wildman–Crippen LogP) is -0.111. The van der Waals surface area contributed by atoms with E-state index in [0.717, 1.165) is 0 Å². The number of allylic oxidation sites excluding steroid dienone is 2. The summed E-state index contributed by atoms with van der Waals surface area (Å²) in [5, 5.41) is 0. The summed E-state index contributed by atoms with van der Waals surface area (Å²) in [5.74, 6) is -0.199. The molecule has 0 radical (unpaired) electrons. The quantitative estimate of drug-likeness (QED) is 0.314. The summed E-state index contributed by atoms with van der Waals surface area (Å²) in [6.45, 7) is 0. The van der Waals surface area contributed by atoms with Gasteiger partial charge in [-0.2, -0.15) is 0 Å². The third-order valence-electron chi connectivity index (χ3n) is 0.897. The second-order valence-electron chi connectivity index (χ2n) is 1.37. The van der Waals surface area contributed by atoms with Crippen molar-refractivity contribution in [2.24, 2.45) is 0 Å². The van der Waals surface area contributed by atoms with Crippen molar-refractivity contribution in [3.05, 3.63) is 11.5 Å². The standard InChI is InChI=1S/C6H8O4/c1-9-5(3-7)6(4-8)10-2/h3-4H,1-2H3/b6-5-. The smallest absolute Gasteiger partial charge is 0.204 e. The third-order valence-corrected chi connectivity index (χ3v) is 0.897. The van der Waals surface area contributed by atoms with E-state index in [1.54, 1.807) is 0 Å². The fourth-order valence-electron chi connectivity index (χ4n) is 0.414. The van der Waals surface area contributed by atoms with E-state index >= 15 is 0 Å². The lowest BCUT2D eigenvalue weighted by molar-refractivity contribution is -0.111. The van der Waals surface area contributed by atoms with Crippen LogP contribution in [0.5, 0.6) is 0 Å². The molecule has 0 N–H and O–H groups in total. The second-order valence-corrected chi connectivity index (χ2v) is 1.37. The maximum atomic E-state index is 10.1. The zero-order valence-electron chi connectivity index (χ0n) is 5.79. The van der Waals surface area contributed by atoms with Crippen molar-refractivity contribution in [1.82, 2.24) is 0 Å². The predicted molar refractivity (Wildman–Crippen MR) is 33.2 cm³/mol. The van der Waals surface area contributed by atoms with E-state index in [2.05, 4.69) is 9.47 Å². The Hall–Kier alpha value is -1.32. The molecule has 0 heterocycles. The second kappa shape index (κ2) is 4.55. The van der Waals surface area contributed by atoms with Crippen LogP contribution in [0.2, 0.25) is 0 Å². The van der Waals surface area contributed by atoms with Gasteiger partial charge in [0.15, 0.2) is 12.6 Å². The van der Waals surface area contributed by atoms with Crippen LogP contribution in [0.1, 0.15) is 0 Å². The van der Waals surface area contributed by atoms with Gasteiger partial charge in [0.1, 0.15) is 0 Å². The third kappa shape index (κ3) is 1.89. The van der Waals surface area contributed by atoms with E-state index in [1.807, 2.05) is 0 Å². The van der Waals surface area contributed by atoms with Crippen LogP contribution in [0, 0.1) is 0 Å².